The molecule has 25 heavy (non-hydrogen) atoms. The number of aryl methyl sites for hydroxylation is 2. The molecule has 0 aliphatic heterocycles. The van der Waals surface area contributed by atoms with E-state index in [9.17, 15) is 4.79 Å². The molecule has 136 valence electrons. The van der Waals surface area contributed by atoms with Crippen molar-refractivity contribution in [1.82, 2.24) is 25.1 Å². The molecular formula is C18H27N5OS. The summed E-state index contributed by atoms with van der Waals surface area (Å²) in [4.78, 5) is 14.7. The fraction of sp³-hybridized carbons (Fsp3) is 0.556. The Balaban J connectivity index is 2.24. The minimum absolute atomic E-state index is 0.102. The van der Waals surface area contributed by atoms with Gasteiger partial charge in [0.05, 0.1) is 10.9 Å². The molecule has 0 saturated heterocycles. The number of carbonyl (C=O) groups excluding carboxylic acids is 1. The van der Waals surface area contributed by atoms with Gasteiger partial charge in [-0.3, -0.25) is 4.79 Å². The number of tetrazole rings is 1. The van der Waals surface area contributed by atoms with Crippen LogP contribution in [0.2, 0.25) is 0 Å². The van der Waals surface area contributed by atoms with Gasteiger partial charge in [0.2, 0.25) is 11.1 Å². The largest absolute Gasteiger partial charge is 0.337 e. The first kappa shape index (κ1) is 19.4. The maximum atomic E-state index is 12.8. The lowest BCUT2D eigenvalue weighted by Crippen LogP contribution is -2.45. The Morgan fingerprint density at radius 3 is 2.32 bits per heavy atom. The van der Waals surface area contributed by atoms with Crippen molar-refractivity contribution in [3.05, 3.63) is 29.3 Å². The van der Waals surface area contributed by atoms with E-state index in [0.717, 1.165) is 11.3 Å². The smallest absolute Gasteiger partial charge is 0.236 e. The Labute approximate surface area is 154 Å². The molecule has 0 fully saturated rings. The van der Waals surface area contributed by atoms with Crippen molar-refractivity contribution >= 4 is 17.7 Å². The number of nitrogens with zero attached hydrogens (tertiary/aromatic N) is 5. The summed E-state index contributed by atoms with van der Waals surface area (Å²) in [6.45, 7) is 14.1. The lowest BCUT2D eigenvalue weighted by molar-refractivity contribution is -0.133. The summed E-state index contributed by atoms with van der Waals surface area (Å²) in [5.74, 6) is 0.102. The molecule has 6 nitrogen and oxygen atoms in total. The number of aromatic nitrogens is 4. The molecule has 2 rings (SSSR count). The van der Waals surface area contributed by atoms with Crippen LogP contribution in [0.25, 0.3) is 5.69 Å². The van der Waals surface area contributed by atoms with Crippen LogP contribution in [0.3, 0.4) is 0 Å². The third kappa shape index (κ3) is 4.39. The third-order valence-corrected chi connectivity index (χ3v) is 5.04. The van der Waals surface area contributed by atoms with Gasteiger partial charge in [-0.15, -0.1) is 5.10 Å². The van der Waals surface area contributed by atoms with Crippen LogP contribution in [0.4, 0.5) is 0 Å². The summed E-state index contributed by atoms with van der Waals surface area (Å²) in [6, 6.07) is 6.45. The summed E-state index contributed by atoms with van der Waals surface area (Å²) < 4.78 is 1.71. The van der Waals surface area contributed by atoms with Crippen LogP contribution < -0.4 is 0 Å². The highest BCUT2D eigenvalue weighted by atomic mass is 32.2. The van der Waals surface area contributed by atoms with E-state index >= 15 is 0 Å². The topological polar surface area (TPSA) is 63.9 Å². The second-order valence-corrected chi connectivity index (χ2v) is 8.16. The lowest BCUT2D eigenvalue weighted by Gasteiger charge is -2.32. The van der Waals surface area contributed by atoms with E-state index in [1.54, 1.807) is 4.68 Å². The van der Waals surface area contributed by atoms with E-state index < -0.39 is 0 Å². The number of carbonyl (C=O) groups is 1. The molecule has 1 amide bonds. The molecule has 1 aromatic carbocycles. The highest BCUT2D eigenvalue weighted by Gasteiger charge is 2.27. The van der Waals surface area contributed by atoms with Gasteiger partial charge in [-0.05, 0) is 70.5 Å². The predicted octanol–water partition coefficient (Wildman–Crippen LogP) is 3.41. The van der Waals surface area contributed by atoms with Crippen LogP contribution in [0.1, 0.15) is 45.7 Å². The molecule has 0 aliphatic rings. The second-order valence-electron chi connectivity index (χ2n) is 6.86. The van der Waals surface area contributed by atoms with E-state index in [1.807, 2.05) is 58.6 Å². The number of hydrogen-bond donors (Lipinski definition) is 0. The predicted molar refractivity (Wildman–Crippen MR) is 101 cm³/mol. The molecule has 1 atom stereocenters. The van der Waals surface area contributed by atoms with Crippen molar-refractivity contribution in [2.24, 2.45) is 0 Å². The molecule has 7 heteroatoms. The zero-order valence-corrected chi connectivity index (χ0v) is 16.8. The fourth-order valence-corrected chi connectivity index (χ4v) is 3.83. The van der Waals surface area contributed by atoms with Gasteiger partial charge in [-0.1, -0.05) is 29.5 Å². The van der Waals surface area contributed by atoms with Crippen molar-refractivity contribution in [2.45, 2.75) is 71.0 Å². The first-order chi connectivity index (χ1) is 11.7. The van der Waals surface area contributed by atoms with Crippen molar-refractivity contribution in [3.8, 4) is 5.69 Å². The van der Waals surface area contributed by atoms with Gasteiger partial charge in [-0.2, -0.15) is 4.68 Å². The number of rotatable bonds is 6. The summed E-state index contributed by atoms with van der Waals surface area (Å²) in [5, 5.41) is 12.4. The average molecular weight is 362 g/mol. The molecule has 0 radical (unpaired) electrons. The Morgan fingerprint density at radius 2 is 1.76 bits per heavy atom. The van der Waals surface area contributed by atoms with E-state index in [1.165, 1.54) is 17.3 Å². The van der Waals surface area contributed by atoms with E-state index in [0.29, 0.717) is 5.16 Å². The summed E-state index contributed by atoms with van der Waals surface area (Å²) >= 11 is 1.39. The second kappa shape index (κ2) is 7.99. The van der Waals surface area contributed by atoms with Gasteiger partial charge in [0.1, 0.15) is 0 Å². The number of amides is 1. The maximum absolute atomic E-state index is 12.8. The van der Waals surface area contributed by atoms with Crippen molar-refractivity contribution < 1.29 is 4.79 Å². The minimum Gasteiger partial charge on any atom is -0.337 e. The average Bonchev–Trinajstić information content (AvgIpc) is 2.94. The lowest BCUT2D eigenvalue weighted by atomic mass is 10.1. The summed E-state index contributed by atoms with van der Waals surface area (Å²) in [7, 11) is 0. The third-order valence-electron chi connectivity index (χ3n) is 4.02. The van der Waals surface area contributed by atoms with Crippen molar-refractivity contribution in [3.63, 3.8) is 0 Å². The Bertz CT molecular complexity index is 733. The fourth-order valence-electron chi connectivity index (χ4n) is 2.97. The van der Waals surface area contributed by atoms with Crippen LogP contribution in [0.15, 0.2) is 23.4 Å². The molecule has 0 saturated carbocycles. The first-order valence-corrected chi connectivity index (χ1v) is 9.45. The molecule has 1 unspecified atom stereocenters. The highest BCUT2D eigenvalue weighted by Crippen LogP contribution is 2.26. The van der Waals surface area contributed by atoms with E-state index in [4.69, 9.17) is 0 Å². The molecule has 1 aromatic heterocycles. The molecule has 0 N–H and O–H groups in total. The quantitative estimate of drug-likeness (QED) is 0.738. The van der Waals surface area contributed by atoms with E-state index in [-0.39, 0.29) is 23.2 Å². The molecular weight excluding hydrogens is 334 g/mol. The van der Waals surface area contributed by atoms with Gasteiger partial charge in [0.25, 0.3) is 0 Å². The minimum atomic E-state index is -0.264. The molecule has 0 aliphatic carbocycles. The van der Waals surface area contributed by atoms with Gasteiger partial charge >= 0.3 is 0 Å². The molecule has 0 bridgehead atoms. The van der Waals surface area contributed by atoms with Gasteiger partial charge in [0, 0.05) is 12.1 Å². The first-order valence-electron chi connectivity index (χ1n) is 8.57. The summed E-state index contributed by atoms with van der Waals surface area (Å²) in [6.07, 6.45) is 0. The Hall–Kier alpha value is -1.89. The number of thioether (sulfide) groups is 1. The van der Waals surface area contributed by atoms with Gasteiger partial charge in [0.15, 0.2) is 0 Å². The Morgan fingerprint density at radius 1 is 1.12 bits per heavy atom. The molecule has 2 aromatic rings. The highest BCUT2D eigenvalue weighted by molar-refractivity contribution is 8.00. The monoisotopic (exact) mass is 361 g/mol. The van der Waals surface area contributed by atoms with Crippen molar-refractivity contribution in [1.29, 1.82) is 0 Å². The zero-order valence-electron chi connectivity index (χ0n) is 16.0. The standard InChI is InChI=1S/C18H27N5OS/c1-11(2)22(12(3)4)17(24)15(7)25-18-19-20-21-23(18)16-9-8-13(5)10-14(16)6/h8-12,15H,1-7H3. The van der Waals surface area contributed by atoms with Crippen LogP contribution in [-0.2, 0) is 4.79 Å². The van der Waals surface area contributed by atoms with Crippen molar-refractivity contribution in [2.75, 3.05) is 0 Å². The van der Waals surface area contributed by atoms with Gasteiger partial charge < -0.3 is 4.90 Å². The normalized spacial score (nSPS) is 12.7. The number of benzene rings is 1. The number of hydrogen-bond acceptors (Lipinski definition) is 5. The van der Waals surface area contributed by atoms with Crippen LogP contribution in [-0.4, -0.2) is 48.3 Å². The van der Waals surface area contributed by atoms with Gasteiger partial charge in [-0.25, -0.2) is 0 Å². The molecule has 1 heterocycles. The SMILES string of the molecule is Cc1ccc(-n2nnnc2SC(C)C(=O)N(C(C)C)C(C)C)c(C)c1. The Kier molecular flexibility index (Phi) is 6.21. The maximum Gasteiger partial charge on any atom is 0.236 e. The van der Waals surface area contributed by atoms with E-state index in [2.05, 4.69) is 28.5 Å². The summed E-state index contributed by atoms with van der Waals surface area (Å²) in [5.41, 5.74) is 3.22. The zero-order chi connectivity index (χ0) is 18.7. The van der Waals surface area contributed by atoms with Crippen LogP contribution in [0.5, 0.6) is 0 Å². The van der Waals surface area contributed by atoms with Crippen LogP contribution in [0, 0.1) is 13.8 Å². The van der Waals surface area contributed by atoms with Crippen LogP contribution >= 0.6 is 11.8 Å². The molecule has 0 spiro atoms.